The van der Waals surface area contributed by atoms with Crippen LogP contribution in [0.15, 0.2) is 59.8 Å². The molecule has 3 aromatic rings. The number of unbranched alkanes of at least 4 members (excludes halogenated alkanes) is 2. The molecule has 1 heterocycles. The Morgan fingerprint density at radius 2 is 1.81 bits per heavy atom. The van der Waals surface area contributed by atoms with E-state index >= 15 is 0 Å². The van der Waals surface area contributed by atoms with Gasteiger partial charge in [0.15, 0.2) is 11.0 Å². The molecule has 9 heteroatoms. The molecule has 0 unspecified atom stereocenters. The molecule has 0 aliphatic rings. The largest absolute Gasteiger partial charge is 0.356 e. The van der Waals surface area contributed by atoms with Gasteiger partial charge in [0.2, 0.25) is 5.91 Å². The Morgan fingerprint density at radius 1 is 1.06 bits per heavy atom. The third-order valence-electron chi connectivity index (χ3n) is 4.87. The minimum Gasteiger partial charge on any atom is -0.356 e. The number of nitrogens with zero attached hydrogens (tertiary/aromatic N) is 4. The van der Waals surface area contributed by atoms with Crippen molar-refractivity contribution in [3.05, 3.63) is 64.7 Å². The third-order valence-corrected chi connectivity index (χ3v) is 5.88. The Balaban J connectivity index is 1.67. The lowest BCUT2D eigenvalue weighted by Crippen LogP contribution is -2.23. The van der Waals surface area contributed by atoms with Gasteiger partial charge in [0.25, 0.3) is 5.69 Å². The van der Waals surface area contributed by atoms with E-state index in [1.54, 1.807) is 23.9 Å². The van der Waals surface area contributed by atoms with Gasteiger partial charge >= 0.3 is 0 Å². The van der Waals surface area contributed by atoms with Gasteiger partial charge in [-0.3, -0.25) is 19.5 Å². The number of para-hydroxylation sites is 1. The first-order valence-electron chi connectivity index (χ1n) is 10.7. The highest BCUT2D eigenvalue weighted by atomic mass is 32.2. The number of amides is 1. The zero-order valence-electron chi connectivity index (χ0n) is 18.1. The normalized spacial score (nSPS) is 10.8. The van der Waals surface area contributed by atoms with Gasteiger partial charge < -0.3 is 5.32 Å². The molecule has 0 spiro atoms. The molecule has 1 N–H and O–H groups in total. The molecule has 3 rings (SSSR count). The van der Waals surface area contributed by atoms with Crippen LogP contribution in [0.25, 0.3) is 17.1 Å². The summed E-state index contributed by atoms with van der Waals surface area (Å²) in [5, 5.41) is 23.4. The van der Waals surface area contributed by atoms with Crippen molar-refractivity contribution in [1.82, 2.24) is 20.1 Å². The van der Waals surface area contributed by atoms with Crippen LogP contribution in [0.2, 0.25) is 0 Å². The summed E-state index contributed by atoms with van der Waals surface area (Å²) in [6.45, 7) is 2.85. The molecule has 0 saturated heterocycles. The molecule has 0 aliphatic heterocycles. The molecule has 0 saturated carbocycles. The summed E-state index contributed by atoms with van der Waals surface area (Å²) >= 11 is 1.59. The van der Waals surface area contributed by atoms with Crippen LogP contribution in [0, 0.1) is 10.1 Å². The second-order valence-corrected chi connectivity index (χ2v) is 8.35. The average molecular weight is 454 g/mol. The van der Waals surface area contributed by atoms with Crippen molar-refractivity contribution in [3.8, 4) is 17.1 Å². The first-order valence-corrected chi connectivity index (χ1v) is 11.7. The second-order valence-electron chi connectivity index (χ2n) is 7.29. The van der Waals surface area contributed by atoms with Gasteiger partial charge in [-0.2, -0.15) is 0 Å². The molecule has 8 nitrogen and oxygen atoms in total. The Bertz CT molecular complexity index is 1020. The monoisotopic (exact) mass is 453 g/mol. The quantitative estimate of drug-likeness (QED) is 0.179. The predicted octanol–water partition coefficient (Wildman–Crippen LogP) is 5.02. The number of thioether (sulfide) groups is 1. The number of aromatic nitrogens is 3. The van der Waals surface area contributed by atoms with Crippen molar-refractivity contribution < 1.29 is 9.72 Å². The van der Waals surface area contributed by atoms with Crippen LogP contribution in [-0.4, -0.2) is 37.9 Å². The molecule has 1 amide bonds. The molecular weight excluding hydrogens is 426 g/mol. The highest BCUT2D eigenvalue weighted by molar-refractivity contribution is 7.99. The summed E-state index contributed by atoms with van der Waals surface area (Å²) in [6, 6.07) is 16.1. The lowest BCUT2D eigenvalue weighted by molar-refractivity contribution is -0.384. The van der Waals surface area contributed by atoms with E-state index in [4.69, 9.17) is 0 Å². The minimum atomic E-state index is -0.420. The van der Waals surface area contributed by atoms with Crippen LogP contribution < -0.4 is 5.32 Å². The predicted molar refractivity (Wildman–Crippen MR) is 126 cm³/mol. The summed E-state index contributed by atoms with van der Waals surface area (Å²) in [5.74, 6) is 1.55. The van der Waals surface area contributed by atoms with Gasteiger partial charge in [0, 0.05) is 42.1 Å². The Morgan fingerprint density at radius 3 is 2.50 bits per heavy atom. The molecule has 0 fully saturated rings. The molecule has 1 aromatic heterocycles. The molecule has 168 valence electrons. The van der Waals surface area contributed by atoms with Crippen molar-refractivity contribution in [1.29, 1.82) is 0 Å². The fourth-order valence-corrected chi connectivity index (χ4v) is 4.09. The number of rotatable bonds is 12. The fraction of sp³-hybridized carbons (Fsp3) is 0.348. The smallest absolute Gasteiger partial charge is 0.269 e. The topological polar surface area (TPSA) is 103 Å². The number of non-ortho nitro benzene ring substituents is 1. The minimum absolute atomic E-state index is 0.0351. The maximum atomic E-state index is 11.8. The Hall–Kier alpha value is -3.20. The first-order chi connectivity index (χ1) is 15.6. The molecule has 2 aromatic carbocycles. The maximum absolute atomic E-state index is 11.8. The number of benzene rings is 2. The van der Waals surface area contributed by atoms with Crippen molar-refractivity contribution in [2.45, 2.75) is 44.2 Å². The standard InChI is InChI=1S/C23H27N5O3S/c1-2-3-16-24-21(29)11-7-8-17-32-23-26-25-22(27(23)19-9-5-4-6-10-19)18-12-14-20(15-13-18)28(30)31/h4-6,9-10,12-15H,2-3,7-8,11,16-17H2,1H3,(H,24,29). The molecule has 0 radical (unpaired) electrons. The van der Waals surface area contributed by atoms with E-state index < -0.39 is 4.92 Å². The highest BCUT2D eigenvalue weighted by Gasteiger charge is 2.17. The summed E-state index contributed by atoms with van der Waals surface area (Å²) in [5.41, 5.74) is 1.71. The average Bonchev–Trinajstić information content (AvgIpc) is 3.23. The van der Waals surface area contributed by atoms with Crippen LogP contribution in [0.1, 0.15) is 39.0 Å². The van der Waals surface area contributed by atoms with E-state index in [1.165, 1.54) is 12.1 Å². The van der Waals surface area contributed by atoms with Gasteiger partial charge in [0.1, 0.15) is 0 Å². The second kappa shape index (κ2) is 12.0. The van der Waals surface area contributed by atoms with Crippen molar-refractivity contribution in [2.24, 2.45) is 0 Å². The van der Waals surface area contributed by atoms with Gasteiger partial charge in [-0.15, -0.1) is 10.2 Å². The van der Waals surface area contributed by atoms with Crippen molar-refractivity contribution in [3.63, 3.8) is 0 Å². The molecule has 0 atom stereocenters. The van der Waals surface area contributed by atoms with E-state index in [0.29, 0.717) is 12.2 Å². The van der Waals surface area contributed by atoms with Crippen molar-refractivity contribution in [2.75, 3.05) is 12.3 Å². The number of carbonyl (C=O) groups excluding carboxylic acids is 1. The summed E-state index contributed by atoms with van der Waals surface area (Å²) in [6.07, 6.45) is 4.32. The first kappa shape index (κ1) is 23.5. The van der Waals surface area contributed by atoms with Gasteiger partial charge in [-0.25, -0.2) is 0 Å². The summed E-state index contributed by atoms with van der Waals surface area (Å²) in [4.78, 5) is 22.4. The maximum Gasteiger partial charge on any atom is 0.269 e. The fourth-order valence-electron chi connectivity index (χ4n) is 3.14. The van der Waals surface area contributed by atoms with Gasteiger partial charge in [0.05, 0.1) is 4.92 Å². The lowest BCUT2D eigenvalue weighted by atomic mass is 10.2. The van der Waals surface area contributed by atoms with Crippen LogP contribution >= 0.6 is 11.8 Å². The number of nitro groups is 1. The molecular formula is C23H27N5O3S. The van der Waals surface area contributed by atoms with E-state index in [9.17, 15) is 14.9 Å². The zero-order chi connectivity index (χ0) is 22.8. The SMILES string of the molecule is CCCCNC(=O)CCCCSc1nnc(-c2ccc([N+](=O)[O-])cc2)n1-c1ccccc1. The third kappa shape index (κ3) is 6.40. The van der Waals surface area contributed by atoms with E-state index in [2.05, 4.69) is 22.4 Å². The van der Waals surface area contributed by atoms with Crippen LogP contribution in [-0.2, 0) is 4.79 Å². The molecule has 0 bridgehead atoms. The Kier molecular flexibility index (Phi) is 8.79. The Labute approximate surface area is 191 Å². The lowest BCUT2D eigenvalue weighted by Gasteiger charge is -2.10. The molecule has 32 heavy (non-hydrogen) atoms. The van der Waals surface area contributed by atoms with E-state index in [-0.39, 0.29) is 11.6 Å². The summed E-state index contributed by atoms with van der Waals surface area (Å²) < 4.78 is 1.96. The van der Waals surface area contributed by atoms with Gasteiger partial charge in [-0.1, -0.05) is 43.3 Å². The van der Waals surface area contributed by atoms with E-state index in [0.717, 1.165) is 54.4 Å². The number of carbonyl (C=O) groups is 1. The number of nitrogens with one attached hydrogen (secondary N) is 1. The van der Waals surface area contributed by atoms with Crippen LogP contribution in [0.5, 0.6) is 0 Å². The number of hydrogen-bond donors (Lipinski definition) is 1. The van der Waals surface area contributed by atoms with Crippen molar-refractivity contribution >= 4 is 23.4 Å². The summed E-state index contributed by atoms with van der Waals surface area (Å²) in [7, 11) is 0. The number of nitro benzene ring substituents is 1. The van der Waals surface area contributed by atoms with Gasteiger partial charge in [-0.05, 0) is 43.5 Å². The van der Waals surface area contributed by atoms with Crippen LogP contribution in [0.4, 0.5) is 5.69 Å². The van der Waals surface area contributed by atoms with Crippen LogP contribution in [0.3, 0.4) is 0 Å². The molecule has 0 aliphatic carbocycles. The zero-order valence-corrected chi connectivity index (χ0v) is 18.9. The highest BCUT2D eigenvalue weighted by Crippen LogP contribution is 2.29. The van der Waals surface area contributed by atoms with E-state index in [1.807, 2.05) is 34.9 Å². The number of hydrogen-bond acceptors (Lipinski definition) is 6.